The monoisotopic (exact) mass is 452 g/mol. The Kier molecular flexibility index (Phi) is 5.97. The molecule has 3 heterocycles. The van der Waals surface area contributed by atoms with Gasteiger partial charge in [0.2, 0.25) is 0 Å². The number of aromatic nitrogens is 2. The average molecular weight is 453 g/mol. The van der Waals surface area contributed by atoms with E-state index in [1.807, 2.05) is 18.3 Å². The normalized spacial score (nSPS) is 17.9. The molecule has 0 unspecified atom stereocenters. The van der Waals surface area contributed by atoms with E-state index in [1.165, 1.54) is 28.1 Å². The van der Waals surface area contributed by atoms with E-state index in [0.717, 1.165) is 23.9 Å². The van der Waals surface area contributed by atoms with Gasteiger partial charge >= 0.3 is 0 Å². The lowest BCUT2D eigenvalue weighted by Gasteiger charge is -2.28. The first kappa shape index (κ1) is 21.4. The molecule has 0 amide bonds. The number of benzene rings is 2. The summed E-state index contributed by atoms with van der Waals surface area (Å²) < 4.78 is 2.40. The minimum absolute atomic E-state index is 0.00640. The Morgan fingerprint density at radius 1 is 0.848 bits per heavy atom. The number of aryl methyl sites for hydroxylation is 1. The highest BCUT2D eigenvalue weighted by atomic mass is 32.1. The molecule has 4 nitrogen and oxygen atoms in total. The maximum absolute atomic E-state index is 5.86. The van der Waals surface area contributed by atoms with Crippen molar-refractivity contribution >= 4 is 17.3 Å². The average Bonchev–Trinajstić information content (AvgIpc) is 3.31. The molecule has 1 saturated heterocycles. The number of pyridine rings is 1. The van der Waals surface area contributed by atoms with Crippen LogP contribution in [0.4, 0.5) is 0 Å². The summed E-state index contributed by atoms with van der Waals surface area (Å²) in [5, 5.41) is 4.35. The van der Waals surface area contributed by atoms with Crippen LogP contribution in [0.1, 0.15) is 45.9 Å². The van der Waals surface area contributed by atoms with Gasteiger partial charge in [-0.1, -0.05) is 66.7 Å². The summed E-state index contributed by atoms with van der Waals surface area (Å²) in [5.74, 6) is 0. The van der Waals surface area contributed by atoms with E-state index in [2.05, 4.69) is 106 Å². The van der Waals surface area contributed by atoms with Crippen molar-refractivity contribution in [1.29, 1.82) is 0 Å². The molecule has 4 aromatic rings. The van der Waals surface area contributed by atoms with Crippen LogP contribution >= 0.6 is 12.2 Å². The summed E-state index contributed by atoms with van der Waals surface area (Å²) in [6, 6.07) is 29.6. The molecule has 1 N–H and O–H groups in total. The number of rotatable bonds is 6. The van der Waals surface area contributed by atoms with Crippen LogP contribution < -0.4 is 5.32 Å². The second-order valence-corrected chi connectivity index (χ2v) is 9.03. The van der Waals surface area contributed by atoms with E-state index in [1.54, 1.807) is 0 Å². The molecule has 0 aliphatic carbocycles. The largest absolute Gasteiger partial charge is 0.352 e. The first-order chi connectivity index (χ1) is 16.1. The molecule has 0 radical (unpaired) electrons. The highest BCUT2D eigenvalue weighted by Gasteiger charge is 2.41. The SMILES string of the molecule is Cc1cc([C@H]2[C@H](c3ccccn3)NC(=S)N2Cc2ccccc2)c(C)n1Cc1ccccc1. The van der Waals surface area contributed by atoms with Crippen molar-refractivity contribution in [2.75, 3.05) is 0 Å². The lowest BCUT2D eigenvalue weighted by atomic mass is 9.96. The van der Waals surface area contributed by atoms with E-state index in [0.29, 0.717) is 0 Å². The van der Waals surface area contributed by atoms with Gasteiger partial charge in [-0.25, -0.2) is 0 Å². The smallest absolute Gasteiger partial charge is 0.170 e. The summed E-state index contributed by atoms with van der Waals surface area (Å²) in [7, 11) is 0. The summed E-state index contributed by atoms with van der Waals surface area (Å²) >= 11 is 5.86. The minimum atomic E-state index is -0.00640. The zero-order chi connectivity index (χ0) is 22.8. The van der Waals surface area contributed by atoms with E-state index in [4.69, 9.17) is 12.2 Å². The molecule has 2 aromatic carbocycles. The third-order valence-corrected chi connectivity index (χ3v) is 6.86. The van der Waals surface area contributed by atoms with Crippen molar-refractivity contribution in [2.45, 2.75) is 39.0 Å². The van der Waals surface area contributed by atoms with Crippen molar-refractivity contribution in [3.63, 3.8) is 0 Å². The van der Waals surface area contributed by atoms with Gasteiger partial charge in [0.25, 0.3) is 0 Å². The van der Waals surface area contributed by atoms with Gasteiger partial charge in [-0.15, -0.1) is 0 Å². The molecule has 2 aromatic heterocycles. The van der Waals surface area contributed by atoms with Crippen LogP contribution in [0.15, 0.2) is 91.1 Å². The lowest BCUT2D eigenvalue weighted by Crippen LogP contribution is -2.29. The highest BCUT2D eigenvalue weighted by Crippen LogP contribution is 2.41. The zero-order valence-corrected chi connectivity index (χ0v) is 19.8. The summed E-state index contributed by atoms with van der Waals surface area (Å²) in [5.41, 5.74) is 7.37. The Bertz CT molecular complexity index is 1240. The van der Waals surface area contributed by atoms with Gasteiger partial charge < -0.3 is 14.8 Å². The maximum Gasteiger partial charge on any atom is 0.170 e. The second kappa shape index (κ2) is 9.20. The predicted molar refractivity (Wildman–Crippen MR) is 137 cm³/mol. The fourth-order valence-electron chi connectivity index (χ4n) is 4.83. The first-order valence-electron chi connectivity index (χ1n) is 11.3. The standard InChI is InChI=1S/C28H28N4S/c1-20-17-24(21(2)31(20)18-22-11-5-3-6-12-22)27-26(25-15-9-10-16-29-25)30-28(33)32(27)19-23-13-7-4-8-14-23/h3-17,26-27H,18-19H2,1-2H3,(H,30,33)/t26-,27-/m0/s1. The van der Waals surface area contributed by atoms with Crippen molar-refractivity contribution in [2.24, 2.45) is 0 Å². The van der Waals surface area contributed by atoms with E-state index in [-0.39, 0.29) is 12.1 Å². The minimum Gasteiger partial charge on any atom is -0.352 e. The quantitative estimate of drug-likeness (QED) is 0.379. The topological polar surface area (TPSA) is 33.1 Å². The van der Waals surface area contributed by atoms with Crippen LogP contribution in [-0.2, 0) is 13.1 Å². The number of hydrogen-bond acceptors (Lipinski definition) is 2. The Morgan fingerprint density at radius 3 is 2.12 bits per heavy atom. The fraction of sp³-hybridized carbons (Fsp3) is 0.214. The molecule has 1 fully saturated rings. The van der Waals surface area contributed by atoms with Gasteiger partial charge in [0.15, 0.2) is 5.11 Å². The third-order valence-electron chi connectivity index (χ3n) is 6.51. The second-order valence-electron chi connectivity index (χ2n) is 8.64. The Morgan fingerprint density at radius 2 is 1.48 bits per heavy atom. The molecule has 2 atom stereocenters. The third kappa shape index (κ3) is 4.29. The molecule has 1 aliphatic rings. The van der Waals surface area contributed by atoms with Crippen LogP contribution in [-0.4, -0.2) is 19.6 Å². The predicted octanol–water partition coefficient (Wildman–Crippen LogP) is 5.72. The van der Waals surface area contributed by atoms with Gasteiger partial charge in [-0.3, -0.25) is 4.98 Å². The van der Waals surface area contributed by atoms with Crippen molar-refractivity contribution in [1.82, 2.24) is 19.8 Å². The van der Waals surface area contributed by atoms with Crippen LogP contribution in [0.25, 0.3) is 0 Å². The molecular formula is C28H28N4S. The highest BCUT2D eigenvalue weighted by molar-refractivity contribution is 7.80. The number of nitrogens with one attached hydrogen (secondary N) is 1. The van der Waals surface area contributed by atoms with E-state index >= 15 is 0 Å². The Labute approximate surface area is 200 Å². The molecular weight excluding hydrogens is 424 g/mol. The van der Waals surface area contributed by atoms with Gasteiger partial charge in [0, 0.05) is 30.7 Å². The molecule has 33 heavy (non-hydrogen) atoms. The number of hydrogen-bond donors (Lipinski definition) is 1. The molecule has 0 saturated carbocycles. The molecule has 166 valence electrons. The number of nitrogens with zero attached hydrogens (tertiary/aromatic N) is 3. The van der Waals surface area contributed by atoms with Crippen LogP contribution in [0.3, 0.4) is 0 Å². The Hall–Kier alpha value is -3.44. The van der Waals surface area contributed by atoms with Crippen molar-refractivity contribution in [3.8, 4) is 0 Å². The maximum atomic E-state index is 5.86. The van der Waals surface area contributed by atoms with Crippen molar-refractivity contribution in [3.05, 3.63) is 125 Å². The molecule has 5 heteroatoms. The summed E-state index contributed by atoms with van der Waals surface area (Å²) in [6.45, 7) is 6.03. The Balaban J connectivity index is 1.56. The van der Waals surface area contributed by atoms with Gasteiger partial charge in [0.05, 0.1) is 17.8 Å². The molecule has 0 bridgehead atoms. The summed E-state index contributed by atoms with van der Waals surface area (Å²) in [6.07, 6.45) is 1.86. The lowest BCUT2D eigenvalue weighted by molar-refractivity contribution is 0.310. The van der Waals surface area contributed by atoms with E-state index in [9.17, 15) is 0 Å². The molecule has 1 aliphatic heterocycles. The first-order valence-corrected chi connectivity index (χ1v) is 11.7. The van der Waals surface area contributed by atoms with Crippen molar-refractivity contribution < 1.29 is 0 Å². The van der Waals surface area contributed by atoms with E-state index < -0.39 is 0 Å². The molecule has 5 rings (SSSR count). The van der Waals surface area contributed by atoms with Gasteiger partial charge in [-0.2, -0.15) is 0 Å². The van der Waals surface area contributed by atoms with Gasteiger partial charge in [-0.05, 0) is 61.0 Å². The number of thiocarbonyl (C=S) groups is 1. The fourth-order valence-corrected chi connectivity index (χ4v) is 5.14. The van der Waals surface area contributed by atoms with Crippen LogP contribution in [0.2, 0.25) is 0 Å². The van der Waals surface area contributed by atoms with Crippen LogP contribution in [0, 0.1) is 13.8 Å². The zero-order valence-electron chi connectivity index (χ0n) is 19.0. The molecule has 0 spiro atoms. The van der Waals surface area contributed by atoms with Gasteiger partial charge in [0.1, 0.15) is 0 Å². The summed E-state index contributed by atoms with van der Waals surface area (Å²) in [4.78, 5) is 7.00. The van der Waals surface area contributed by atoms with Crippen LogP contribution in [0.5, 0.6) is 0 Å².